The van der Waals surface area contributed by atoms with Crippen LogP contribution in [0.25, 0.3) is 0 Å². The minimum Gasteiger partial charge on any atom is -0.396 e. The summed E-state index contributed by atoms with van der Waals surface area (Å²) in [5.41, 5.74) is 1.81. The molecule has 0 heterocycles. The first kappa shape index (κ1) is 28.8. The van der Waals surface area contributed by atoms with Gasteiger partial charge in [0.15, 0.2) is 9.84 Å². The summed E-state index contributed by atoms with van der Waals surface area (Å²) in [6.45, 7) is 8.69. The smallest absolute Gasteiger partial charge is 0.181 e. The minimum absolute atomic E-state index is 0.0947. The van der Waals surface area contributed by atoms with E-state index in [0.717, 1.165) is 37.0 Å². The molecule has 2 N–H and O–H groups in total. The number of aliphatic hydroxyl groups is 2. The van der Waals surface area contributed by atoms with Crippen molar-refractivity contribution in [3.05, 3.63) is 42.0 Å². The monoisotopic (exact) mass is 530 g/mol. The minimum atomic E-state index is -3.46. The molecular formula is C32H50O4S. The Morgan fingerprint density at radius 2 is 1.76 bits per heavy atom. The largest absolute Gasteiger partial charge is 0.396 e. The van der Waals surface area contributed by atoms with Gasteiger partial charge in [-0.2, -0.15) is 0 Å². The third kappa shape index (κ3) is 5.47. The van der Waals surface area contributed by atoms with Crippen LogP contribution in [-0.2, 0) is 9.84 Å². The Labute approximate surface area is 225 Å². The van der Waals surface area contributed by atoms with Crippen molar-refractivity contribution >= 4 is 9.84 Å². The van der Waals surface area contributed by atoms with Gasteiger partial charge in [0.2, 0.25) is 0 Å². The van der Waals surface area contributed by atoms with Gasteiger partial charge in [-0.3, -0.25) is 0 Å². The fraction of sp³-hybridized carbons (Fsp3) is 0.750. The van der Waals surface area contributed by atoms with E-state index in [0.29, 0.717) is 35.5 Å². The first-order valence-corrected chi connectivity index (χ1v) is 16.6. The molecule has 0 aliphatic heterocycles. The van der Waals surface area contributed by atoms with Gasteiger partial charge in [-0.05, 0) is 117 Å². The zero-order valence-electron chi connectivity index (χ0n) is 23.5. The Kier molecular flexibility index (Phi) is 9.29. The molecule has 0 amide bonds. The van der Waals surface area contributed by atoms with E-state index in [1.54, 1.807) is 24.3 Å². The number of sulfone groups is 1. The highest BCUT2D eigenvalue weighted by molar-refractivity contribution is 7.92. The lowest BCUT2D eigenvalue weighted by Gasteiger charge is -2.54. The van der Waals surface area contributed by atoms with Crippen LogP contribution in [0, 0.1) is 40.9 Å². The molecule has 3 saturated carbocycles. The Balaban J connectivity index is 0.00000156. The highest BCUT2D eigenvalue weighted by atomic mass is 32.2. The van der Waals surface area contributed by atoms with Gasteiger partial charge in [0.05, 0.1) is 16.2 Å². The van der Waals surface area contributed by atoms with Gasteiger partial charge >= 0.3 is 0 Å². The van der Waals surface area contributed by atoms with Crippen molar-refractivity contribution < 1.29 is 18.6 Å². The number of rotatable bonds is 7. The average molecular weight is 531 g/mol. The second-order valence-corrected chi connectivity index (χ2v) is 14.7. The first-order valence-electron chi connectivity index (χ1n) is 15.0. The van der Waals surface area contributed by atoms with Crippen LogP contribution >= 0.6 is 0 Å². The number of hydrogen-bond donors (Lipinski definition) is 2. The lowest BCUT2D eigenvalue weighted by Crippen LogP contribution is -2.47. The summed E-state index contributed by atoms with van der Waals surface area (Å²) >= 11 is 0. The van der Waals surface area contributed by atoms with Crippen LogP contribution in [0.5, 0.6) is 0 Å². The summed E-state index contributed by atoms with van der Waals surface area (Å²) in [6.07, 6.45) is 12.4. The standard InChI is InChI=1S/C30H44O4S.C2H6/c1-20(18-24(15-17-31)35(33,34)23-6-4-3-5-7-23)28-12-13-29-27-10-8-21-19-22(32)9-11-25(21)26(27)14-16-30(28,29)2;1-2/h3-8,20,22,24-29,31-32H,9-19H2,1-2H3;1-2H3/t20-,22?,24?,25?,26?,27?,28?,29?,30?;/m1./s1. The summed E-state index contributed by atoms with van der Waals surface area (Å²) in [5, 5.41) is 19.4. The number of hydrogen-bond acceptors (Lipinski definition) is 4. The van der Waals surface area contributed by atoms with E-state index in [4.69, 9.17) is 0 Å². The molecule has 1 aromatic rings. The van der Waals surface area contributed by atoms with Crippen LogP contribution in [0.1, 0.15) is 91.9 Å². The second kappa shape index (κ2) is 11.9. The Morgan fingerprint density at radius 1 is 1.03 bits per heavy atom. The summed E-state index contributed by atoms with van der Waals surface area (Å²) in [4.78, 5) is 0.379. The molecule has 37 heavy (non-hydrogen) atoms. The van der Waals surface area contributed by atoms with Crippen molar-refractivity contribution in [1.82, 2.24) is 0 Å². The van der Waals surface area contributed by atoms with Crippen LogP contribution in [0.3, 0.4) is 0 Å². The zero-order chi connectivity index (χ0) is 26.8. The van der Waals surface area contributed by atoms with Crippen LogP contribution in [0.2, 0.25) is 0 Å². The molecule has 208 valence electrons. The molecule has 0 radical (unpaired) electrons. The van der Waals surface area contributed by atoms with Crippen molar-refractivity contribution in [1.29, 1.82) is 0 Å². The maximum absolute atomic E-state index is 13.4. The molecule has 8 unspecified atom stereocenters. The lowest BCUT2D eigenvalue weighted by atomic mass is 9.51. The lowest BCUT2D eigenvalue weighted by molar-refractivity contribution is -0.0294. The van der Waals surface area contributed by atoms with E-state index in [1.165, 1.54) is 37.7 Å². The van der Waals surface area contributed by atoms with Crippen LogP contribution in [0.15, 0.2) is 46.9 Å². The van der Waals surface area contributed by atoms with Gasteiger partial charge in [-0.15, -0.1) is 0 Å². The average Bonchev–Trinajstić information content (AvgIpc) is 3.27. The van der Waals surface area contributed by atoms with E-state index in [9.17, 15) is 18.6 Å². The van der Waals surface area contributed by atoms with Crippen molar-refractivity contribution in [2.75, 3.05) is 6.61 Å². The SMILES string of the molecule is CC.C[C@H](CC(CCO)S(=O)(=O)c1ccccc1)C1CCC2C3CC=C4CC(O)CCC4C3CCC21C. The third-order valence-corrected chi connectivity index (χ3v) is 13.0. The summed E-state index contributed by atoms with van der Waals surface area (Å²) < 4.78 is 26.9. The summed E-state index contributed by atoms with van der Waals surface area (Å²) in [6, 6.07) is 8.79. The highest BCUT2D eigenvalue weighted by Gasteiger charge is 2.56. The topological polar surface area (TPSA) is 74.6 Å². The molecular weight excluding hydrogens is 480 g/mol. The van der Waals surface area contributed by atoms with Crippen molar-refractivity contribution in [2.45, 2.75) is 108 Å². The molecule has 4 nitrogen and oxygen atoms in total. The number of allylic oxidation sites excluding steroid dienone is 1. The van der Waals surface area contributed by atoms with E-state index in [1.807, 2.05) is 19.9 Å². The maximum atomic E-state index is 13.4. The third-order valence-electron chi connectivity index (χ3n) is 10.8. The van der Waals surface area contributed by atoms with Crippen LogP contribution in [0.4, 0.5) is 0 Å². The van der Waals surface area contributed by atoms with E-state index < -0.39 is 15.1 Å². The van der Waals surface area contributed by atoms with Crippen LogP contribution in [-0.4, -0.2) is 36.6 Å². The molecule has 4 aliphatic rings. The molecule has 0 bridgehead atoms. The zero-order valence-corrected chi connectivity index (χ0v) is 24.3. The molecule has 9 atom stereocenters. The van der Waals surface area contributed by atoms with Gasteiger partial charge < -0.3 is 10.2 Å². The Hall–Kier alpha value is -1.17. The Morgan fingerprint density at radius 3 is 2.46 bits per heavy atom. The second-order valence-electron chi connectivity index (χ2n) is 12.4. The van der Waals surface area contributed by atoms with Gasteiger partial charge in [0, 0.05) is 6.61 Å². The van der Waals surface area contributed by atoms with Gasteiger partial charge in [-0.25, -0.2) is 8.42 Å². The van der Waals surface area contributed by atoms with Gasteiger partial charge in [-0.1, -0.05) is 57.5 Å². The molecule has 0 aromatic heterocycles. The van der Waals surface area contributed by atoms with Crippen molar-refractivity contribution in [2.24, 2.45) is 40.9 Å². The predicted molar refractivity (Wildman–Crippen MR) is 151 cm³/mol. The summed E-state index contributed by atoms with van der Waals surface area (Å²) in [7, 11) is -3.46. The van der Waals surface area contributed by atoms with E-state index in [2.05, 4.69) is 19.9 Å². The fourth-order valence-corrected chi connectivity index (χ4v) is 11.0. The number of benzene rings is 1. The first-order chi connectivity index (χ1) is 17.8. The number of fused-ring (bicyclic) bond motifs is 5. The molecule has 1 aromatic carbocycles. The molecule has 3 fully saturated rings. The van der Waals surface area contributed by atoms with Crippen molar-refractivity contribution in [3.63, 3.8) is 0 Å². The predicted octanol–water partition coefficient (Wildman–Crippen LogP) is 6.81. The fourth-order valence-electron chi connectivity index (χ4n) is 9.15. The maximum Gasteiger partial charge on any atom is 0.181 e. The number of aliphatic hydroxyl groups excluding tert-OH is 2. The van der Waals surface area contributed by atoms with Crippen LogP contribution < -0.4 is 0 Å². The normalized spacial score (nSPS) is 36.6. The highest BCUT2D eigenvalue weighted by Crippen LogP contribution is 2.64. The quantitative estimate of drug-likeness (QED) is 0.380. The van der Waals surface area contributed by atoms with Crippen molar-refractivity contribution in [3.8, 4) is 0 Å². The van der Waals surface area contributed by atoms with Gasteiger partial charge in [0.25, 0.3) is 0 Å². The molecule has 5 rings (SSSR count). The summed E-state index contributed by atoms with van der Waals surface area (Å²) in [5.74, 6) is 3.78. The van der Waals surface area contributed by atoms with Gasteiger partial charge in [0.1, 0.15) is 0 Å². The molecule has 4 aliphatic carbocycles. The molecule has 5 heteroatoms. The van der Waals surface area contributed by atoms with E-state index >= 15 is 0 Å². The molecule has 0 spiro atoms. The molecule has 0 saturated heterocycles. The Bertz CT molecular complexity index is 1020. The van der Waals surface area contributed by atoms with E-state index in [-0.39, 0.29) is 18.1 Å².